The van der Waals surface area contributed by atoms with Crippen LogP contribution >= 0.6 is 24.0 Å². The highest BCUT2D eigenvalue weighted by molar-refractivity contribution is 7.99. The van der Waals surface area contributed by atoms with Crippen LogP contribution in [-0.4, -0.2) is 30.6 Å². The van der Waals surface area contributed by atoms with Gasteiger partial charge in [-0.05, 0) is 55.9 Å². The van der Waals surface area contributed by atoms with E-state index in [-0.39, 0.29) is 6.04 Å². The summed E-state index contributed by atoms with van der Waals surface area (Å²) in [4.78, 5) is 2.44. The number of hydrogen-bond donors (Lipinski definition) is 3. The number of para-hydroxylation sites is 1. The number of anilines is 2. The molecule has 1 atom stereocenters. The van der Waals surface area contributed by atoms with Crippen LogP contribution in [-0.2, 0) is 4.74 Å². The van der Waals surface area contributed by atoms with Gasteiger partial charge in [0.25, 0.3) is 0 Å². The zero-order valence-electron chi connectivity index (χ0n) is 15.0. The predicted molar refractivity (Wildman–Crippen MR) is 113 cm³/mol. The Bertz CT molecular complexity index is 838. The minimum atomic E-state index is 0.126. The number of nitrogens with one attached hydrogen (secondary N) is 3. The number of rotatable bonds is 5. The van der Waals surface area contributed by atoms with Crippen molar-refractivity contribution in [2.24, 2.45) is 5.10 Å². The third-order valence-electron chi connectivity index (χ3n) is 3.89. The van der Waals surface area contributed by atoms with E-state index in [0.717, 1.165) is 22.6 Å². The predicted octanol–water partition coefficient (Wildman–Crippen LogP) is 4.12. The summed E-state index contributed by atoms with van der Waals surface area (Å²) < 4.78 is 5.08. The Morgan fingerprint density at radius 2 is 2.00 bits per heavy atom. The molecule has 0 radical (unpaired) electrons. The van der Waals surface area contributed by atoms with Crippen molar-refractivity contribution in [3.8, 4) is 0 Å². The number of fused-ring (bicyclic) bond motifs is 2. The van der Waals surface area contributed by atoms with Crippen LogP contribution in [0, 0.1) is 0 Å². The summed E-state index contributed by atoms with van der Waals surface area (Å²) in [7, 11) is 1.66. The molecule has 0 fully saturated rings. The lowest BCUT2D eigenvalue weighted by molar-refractivity contribution is 0.179. The number of benzene rings is 2. The largest absolute Gasteiger partial charge is 0.383 e. The van der Waals surface area contributed by atoms with Crippen molar-refractivity contribution in [2.75, 3.05) is 19.0 Å². The van der Waals surface area contributed by atoms with Crippen molar-refractivity contribution in [3.63, 3.8) is 0 Å². The Morgan fingerprint density at radius 1 is 1.23 bits per heavy atom. The molecule has 2 aromatic rings. The van der Waals surface area contributed by atoms with Gasteiger partial charge in [-0.15, -0.1) is 0 Å². The fraction of sp³-hybridized carbons (Fsp3) is 0.263. The summed E-state index contributed by atoms with van der Waals surface area (Å²) in [6.45, 7) is 4.54. The number of hydrazone groups is 1. The lowest BCUT2D eigenvalue weighted by Crippen LogP contribution is -2.40. The first kappa shape index (κ1) is 18.7. The topological polar surface area (TPSA) is 57.7 Å². The minimum Gasteiger partial charge on any atom is -0.383 e. The van der Waals surface area contributed by atoms with Crippen molar-refractivity contribution >= 4 is 46.2 Å². The van der Waals surface area contributed by atoms with Crippen LogP contribution in [0.4, 0.5) is 11.4 Å². The lowest BCUT2D eigenvalue weighted by atomic mass is 10.1. The molecule has 3 N–H and O–H groups in total. The molecule has 0 amide bonds. The van der Waals surface area contributed by atoms with Crippen LogP contribution in [0.15, 0.2) is 57.4 Å². The van der Waals surface area contributed by atoms with Gasteiger partial charge in [0.1, 0.15) is 0 Å². The second-order valence-corrected chi connectivity index (χ2v) is 7.57. The summed E-state index contributed by atoms with van der Waals surface area (Å²) in [6, 6.07) is 14.7. The van der Waals surface area contributed by atoms with Gasteiger partial charge in [-0.2, -0.15) is 5.10 Å². The molecular weight excluding hydrogens is 364 g/mol. The smallest absolute Gasteiger partial charge is 0.187 e. The van der Waals surface area contributed by atoms with E-state index in [2.05, 4.69) is 57.6 Å². The number of thiocarbonyl (C=S) groups is 1. The quantitative estimate of drug-likeness (QED) is 0.348. The highest BCUT2D eigenvalue weighted by Crippen LogP contribution is 2.44. The molecule has 1 heterocycles. The maximum absolute atomic E-state index is 5.25. The summed E-state index contributed by atoms with van der Waals surface area (Å²) in [6.07, 6.45) is 0. The Kier molecular flexibility index (Phi) is 6.13. The van der Waals surface area contributed by atoms with Crippen LogP contribution in [0.5, 0.6) is 0 Å². The van der Waals surface area contributed by atoms with Crippen molar-refractivity contribution in [1.29, 1.82) is 0 Å². The van der Waals surface area contributed by atoms with Crippen LogP contribution < -0.4 is 16.1 Å². The molecule has 7 heteroatoms. The maximum Gasteiger partial charge on any atom is 0.187 e. The molecule has 136 valence electrons. The Hall–Kier alpha value is -2.09. The van der Waals surface area contributed by atoms with Crippen LogP contribution in [0.25, 0.3) is 0 Å². The fourth-order valence-electron chi connectivity index (χ4n) is 2.61. The molecule has 0 unspecified atom stereocenters. The molecule has 0 aliphatic carbocycles. The summed E-state index contributed by atoms with van der Waals surface area (Å²) in [5.41, 5.74) is 7.02. The van der Waals surface area contributed by atoms with Crippen molar-refractivity contribution < 1.29 is 4.74 Å². The molecule has 26 heavy (non-hydrogen) atoms. The van der Waals surface area contributed by atoms with E-state index in [1.807, 2.05) is 19.9 Å². The fourth-order valence-corrected chi connectivity index (χ4v) is 3.83. The molecule has 5 nitrogen and oxygen atoms in total. The molecular formula is C19H22N4OS2. The molecule has 1 aliphatic rings. The number of methoxy groups -OCH3 is 1. The van der Waals surface area contributed by atoms with E-state index in [1.165, 1.54) is 9.79 Å². The number of nitrogens with zero attached hydrogens (tertiary/aromatic N) is 1. The van der Waals surface area contributed by atoms with Gasteiger partial charge in [0.05, 0.1) is 23.7 Å². The van der Waals surface area contributed by atoms with Gasteiger partial charge in [-0.3, -0.25) is 5.43 Å². The van der Waals surface area contributed by atoms with E-state index in [4.69, 9.17) is 17.0 Å². The Morgan fingerprint density at radius 3 is 2.81 bits per heavy atom. The zero-order valence-corrected chi connectivity index (χ0v) is 16.6. The third-order valence-corrected chi connectivity index (χ3v) is 5.25. The van der Waals surface area contributed by atoms with Gasteiger partial charge in [-0.1, -0.05) is 30.0 Å². The van der Waals surface area contributed by atoms with E-state index in [9.17, 15) is 0 Å². The summed E-state index contributed by atoms with van der Waals surface area (Å²) in [5.74, 6) is 0. The van der Waals surface area contributed by atoms with Crippen LogP contribution in [0.1, 0.15) is 19.4 Å². The van der Waals surface area contributed by atoms with Gasteiger partial charge in [0.15, 0.2) is 5.11 Å². The SMILES string of the molecule is COC[C@@H](C)NC(=S)N/N=C(/C)c1ccc2c(c1)Nc1ccccc1S2. The zero-order chi connectivity index (χ0) is 18.5. The van der Waals surface area contributed by atoms with E-state index in [0.29, 0.717) is 11.7 Å². The highest BCUT2D eigenvalue weighted by Gasteiger charge is 2.15. The normalized spacial score (nSPS) is 13.9. The summed E-state index contributed by atoms with van der Waals surface area (Å²) >= 11 is 7.03. The second-order valence-electron chi connectivity index (χ2n) is 6.07. The average molecular weight is 387 g/mol. The van der Waals surface area contributed by atoms with Crippen molar-refractivity contribution in [1.82, 2.24) is 10.7 Å². The van der Waals surface area contributed by atoms with Gasteiger partial charge in [-0.25, -0.2) is 0 Å². The first-order valence-electron chi connectivity index (χ1n) is 8.35. The van der Waals surface area contributed by atoms with E-state index in [1.54, 1.807) is 18.9 Å². The average Bonchev–Trinajstić information content (AvgIpc) is 2.64. The summed E-state index contributed by atoms with van der Waals surface area (Å²) in [5, 5.41) is 11.5. The molecule has 1 aliphatic heterocycles. The number of hydrogen-bond acceptors (Lipinski definition) is 5. The Balaban J connectivity index is 1.68. The number of ether oxygens (including phenoxy) is 1. The van der Waals surface area contributed by atoms with Gasteiger partial charge < -0.3 is 15.4 Å². The Labute approximate surface area is 163 Å². The standard InChI is InChI=1S/C19H22N4OS2/c1-12(11-24-3)20-19(25)23-22-13(2)14-8-9-18-16(10-14)21-15-6-4-5-7-17(15)26-18/h4-10,12,21H,11H2,1-3H3,(H2,20,23,25)/b22-13-/t12-/m1/s1. The van der Waals surface area contributed by atoms with Gasteiger partial charge >= 0.3 is 0 Å². The van der Waals surface area contributed by atoms with Crippen molar-refractivity contribution in [2.45, 2.75) is 29.7 Å². The molecule has 0 bridgehead atoms. The second kappa shape index (κ2) is 8.53. The molecule has 0 aromatic heterocycles. The maximum atomic E-state index is 5.25. The van der Waals surface area contributed by atoms with Crippen molar-refractivity contribution in [3.05, 3.63) is 48.0 Å². The molecule has 0 spiro atoms. The van der Waals surface area contributed by atoms with E-state index >= 15 is 0 Å². The van der Waals surface area contributed by atoms with Gasteiger partial charge in [0.2, 0.25) is 0 Å². The first-order chi connectivity index (χ1) is 12.6. The van der Waals surface area contributed by atoms with Crippen LogP contribution in [0.2, 0.25) is 0 Å². The monoisotopic (exact) mass is 386 g/mol. The van der Waals surface area contributed by atoms with Gasteiger partial charge in [0, 0.05) is 22.9 Å². The van der Waals surface area contributed by atoms with E-state index < -0.39 is 0 Å². The third kappa shape index (κ3) is 4.55. The highest BCUT2D eigenvalue weighted by atomic mass is 32.2. The van der Waals surface area contributed by atoms with Crippen LogP contribution in [0.3, 0.4) is 0 Å². The lowest BCUT2D eigenvalue weighted by Gasteiger charge is -2.21. The molecule has 0 saturated heterocycles. The molecule has 0 saturated carbocycles. The minimum absolute atomic E-state index is 0.126. The molecule has 2 aromatic carbocycles. The first-order valence-corrected chi connectivity index (χ1v) is 9.57. The molecule has 3 rings (SSSR count).